The summed E-state index contributed by atoms with van der Waals surface area (Å²) in [5, 5.41) is 2.57. The SMILES string of the molecule is O=C(COC(=O)c1cccc(OCc2ccccc2)c1)N[C@@H]1CCS(=O)(=O)C1. The first-order valence-electron chi connectivity index (χ1n) is 8.85. The summed E-state index contributed by atoms with van der Waals surface area (Å²) in [4.78, 5) is 24.0. The van der Waals surface area contributed by atoms with Gasteiger partial charge in [-0.3, -0.25) is 4.79 Å². The fourth-order valence-corrected chi connectivity index (χ4v) is 4.52. The van der Waals surface area contributed by atoms with Gasteiger partial charge >= 0.3 is 5.97 Å². The second-order valence-corrected chi connectivity index (χ2v) is 8.77. The van der Waals surface area contributed by atoms with Gasteiger partial charge < -0.3 is 14.8 Å². The minimum atomic E-state index is -3.08. The topological polar surface area (TPSA) is 98.8 Å². The van der Waals surface area contributed by atoms with Crippen LogP contribution in [0, 0.1) is 0 Å². The summed E-state index contributed by atoms with van der Waals surface area (Å²) >= 11 is 0. The van der Waals surface area contributed by atoms with E-state index in [9.17, 15) is 18.0 Å². The lowest BCUT2D eigenvalue weighted by Crippen LogP contribution is -2.38. The zero-order valence-corrected chi connectivity index (χ0v) is 16.0. The van der Waals surface area contributed by atoms with Crippen LogP contribution in [0.15, 0.2) is 54.6 Å². The number of hydrogen-bond acceptors (Lipinski definition) is 6. The lowest BCUT2D eigenvalue weighted by Gasteiger charge is -2.11. The lowest BCUT2D eigenvalue weighted by atomic mass is 10.2. The minimum absolute atomic E-state index is 0.0630. The van der Waals surface area contributed by atoms with Gasteiger partial charge in [0.25, 0.3) is 5.91 Å². The molecule has 0 aromatic heterocycles. The molecule has 1 aliphatic heterocycles. The predicted molar refractivity (Wildman–Crippen MR) is 103 cm³/mol. The van der Waals surface area contributed by atoms with Crippen molar-refractivity contribution in [3.8, 4) is 5.75 Å². The van der Waals surface area contributed by atoms with Crippen LogP contribution in [0.25, 0.3) is 0 Å². The molecule has 8 heteroatoms. The molecular formula is C20H21NO6S. The molecule has 1 heterocycles. The molecule has 0 radical (unpaired) electrons. The van der Waals surface area contributed by atoms with Gasteiger partial charge in [-0.25, -0.2) is 13.2 Å². The Bertz CT molecular complexity index is 942. The van der Waals surface area contributed by atoms with Crippen molar-refractivity contribution in [3.63, 3.8) is 0 Å². The molecule has 2 aromatic carbocycles. The van der Waals surface area contributed by atoms with Gasteiger partial charge in [0.15, 0.2) is 16.4 Å². The van der Waals surface area contributed by atoms with Crippen LogP contribution in [-0.4, -0.2) is 44.4 Å². The van der Waals surface area contributed by atoms with Gasteiger partial charge in [0.05, 0.1) is 17.1 Å². The van der Waals surface area contributed by atoms with E-state index in [1.807, 2.05) is 30.3 Å². The van der Waals surface area contributed by atoms with Crippen molar-refractivity contribution in [2.75, 3.05) is 18.1 Å². The highest BCUT2D eigenvalue weighted by Gasteiger charge is 2.29. The number of sulfone groups is 1. The van der Waals surface area contributed by atoms with Crippen molar-refractivity contribution < 1.29 is 27.5 Å². The first-order valence-corrected chi connectivity index (χ1v) is 10.7. The van der Waals surface area contributed by atoms with Gasteiger partial charge in [-0.15, -0.1) is 0 Å². The van der Waals surface area contributed by atoms with Crippen LogP contribution in [0.4, 0.5) is 0 Å². The first-order chi connectivity index (χ1) is 13.4. The molecule has 3 rings (SSSR count). The molecule has 0 unspecified atom stereocenters. The molecule has 1 saturated heterocycles. The maximum absolute atomic E-state index is 12.2. The number of hydrogen-bond donors (Lipinski definition) is 1. The third kappa shape index (κ3) is 5.82. The molecule has 28 heavy (non-hydrogen) atoms. The van der Waals surface area contributed by atoms with Crippen LogP contribution in [0.1, 0.15) is 22.3 Å². The molecule has 1 amide bonds. The monoisotopic (exact) mass is 403 g/mol. The van der Waals surface area contributed by atoms with Crippen LogP contribution in [0.5, 0.6) is 5.75 Å². The summed E-state index contributed by atoms with van der Waals surface area (Å²) in [5.41, 5.74) is 1.27. The van der Waals surface area contributed by atoms with Crippen LogP contribution in [0.2, 0.25) is 0 Å². The third-order valence-corrected chi connectivity index (χ3v) is 6.02. The standard InChI is InChI=1S/C20H21NO6S/c22-19(21-17-9-10-28(24,25)14-17)13-27-20(23)16-7-4-8-18(11-16)26-12-15-5-2-1-3-6-15/h1-8,11,17H,9-10,12-14H2,(H,21,22)/t17-/m1/s1. The summed E-state index contributed by atoms with van der Waals surface area (Å²) < 4.78 is 33.5. The zero-order valence-electron chi connectivity index (χ0n) is 15.2. The maximum Gasteiger partial charge on any atom is 0.338 e. The second-order valence-electron chi connectivity index (χ2n) is 6.55. The summed E-state index contributed by atoms with van der Waals surface area (Å²) in [6.45, 7) is -0.101. The maximum atomic E-state index is 12.2. The smallest absolute Gasteiger partial charge is 0.338 e. The molecule has 2 aromatic rings. The van der Waals surface area contributed by atoms with E-state index < -0.39 is 34.4 Å². The molecule has 1 atom stereocenters. The molecule has 0 spiro atoms. The fourth-order valence-electron chi connectivity index (χ4n) is 2.85. The number of benzene rings is 2. The van der Waals surface area contributed by atoms with Gasteiger partial charge in [0.2, 0.25) is 0 Å². The van der Waals surface area contributed by atoms with Gasteiger partial charge in [-0.05, 0) is 30.2 Å². The number of nitrogens with one attached hydrogen (secondary N) is 1. The molecule has 148 valence electrons. The highest BCUT2D eigenvalue weighted by atomic mass is 32.2. The van der Waals surface area contributed by atoms with Gasteiger partial charge in [0, 0.05) is 6.04 Å². The predicted octanol–water partition coefficient (Wildman–Crippen LogP) is 1.73. The largest absolute Gasteiger partial charge is 0.489 e. The van der Waals surface area contributed by atoms with E-state index in [2.05, 4.69) is 5.32 Å². The number of amides is 1. The second kappa shape index (κ2) is 8.88. The van der Waals surface area contributed by atoms with Crippen molar-refractivity contribution in [1.82, 2.24) is 5.32 Å². The van der Waals surface area contributed by atoms with E-state index in [-0.39, 0.29) is 17.1 Å². The first kappa shape index (κ1) is 19.9. The Morgan fingerprint density at radius 2 is 1.86 bits per heavy atom. The fraction of sp³-hybridized carbons (Fsp3) is 0.300. The van der Waals surface area contributed by atoms with E-state index in [4.69, 9.17) is 9.47 Å². The molecule has 7 nitrogen and oxygen atoms in total. The van der Waals surface area contributed by atoms with E-state index in [1.54, 1.807) is 24.3 Å². The molecule has 0 saturated carbocycles. The van der Waals surface area contributed by atoms with E-state index in [0.717, 1.165) is 5.56 Å². The van der Waals surface area contributed by atoms with Crippen LogP contribution in [0.3, 0.4) is 0 Å². The molecule has 1 fully saturated rings. The molecule has 0 aliphatic carbocycles. The Morgan fingerprint density at radius 1 is 1.07 bits per heavy atom. The number of carbonyl (C=O) groups excluding carboxylic acids is 2. The van der Waals surface area contributed by atoms with E-state index in [1.165, 1.54) is 0 Å². The van der Waals surface area contributed by atoms with Crippen LogP contribution in [-0.2, 0) is 26.0 Å². The van der Waals surface area contributed by atoms with E-state index >= 15 is 0 Å². The van der Waals surface area contributed by atoms with Crippen molar-refractivity contribution in [3.05, 3.63) is 65.7 Å². The van der Waals surface area contributed by atoms with E-state index in [0.29, 0.717) is 18.8 Å². The summed E-state index contributed by atoms with van der Waals surface area (Å²) in [5.74, 6) is -0.675. The van der Waals surface area contributed by atoms with Crippen molar-refractivity contribution in [2.45, 2.75) is 19.1 Å². The Morgan fingerprint density at radius 3 is 2.57 bits per heavy atom. The van der Waals surface area contributed by atoms with Gasteiger partial charge in [-0.1, -0.05) is 36.4 Å². The summed E-state index contributed by atoms with van der Waals surface area (Å²) in [7, 11) is -3.08. The summed E-state index contributed by atoms with van der Waals surface area (Å²) in [6, 6.07) is 15.7. The zero-order chi connectivity index (χ0) is 20.0. The molecule has 1 aliphatic rings. The molecular weight excluding hydrogens is 382 g/mol. The Labute approximate surface area is 163 Å². The number of rotatable bonds is 7. The lowest BCUT2D eigenvalue weighted by molar-refractivity contribution is -0.124. The average molecular weight is 403 g/mol. The highest BCUT2D eigenvalue weighted by Crippen LogP contribution is 2.16. The molecule has 1 N–H and O–H groups in total. The van der Waals surface area contributed by atoms with Gasteiger partial charge in [0.1, 0.15) is 12.4 Å². The Balaban J connectivity index is 1.48. The summed E-state index contributed by atoms with van der Waals surface area (Å²) in [6.07, 6.45) is 0.378. The van der Waals surface area contributed by atoms with Crippen LogP contribution >= 0.6 is 0 Å². The normalized spacial score (nSPS) is 17.6. The third-order valence-electron chi connectivity index (χ3n) is 4.25. The number of esters is 1. The van der Waals surface area contributed by atoms with Crippen molar-refractivity contribution >= 4 is 21.7 Å². The number of carbonyl (C=O) groups is 2. The van der Waals surface area contributed by atoms with Crippen LogP contribution < -0.4 is 10.1 Å². The molecule has 0 bridgehead atoms. The van der Waals surface area contributed by atoms with Crippen molar-refractivity contribution in [2.24, 2.45) is 0 Å². The Hall–Kier alpha value is -2.87. The number of ether oxygens (including phenoxy) is 2. The minimum Gasteiger partial charge on any atom is -0.489 e. The van der Waals surface area contributed by atoms with Gasteiger partial charge in [-0.2, -0.15) is 0 Å². The Kier molecular flexibility index (Phi) is 6.30. The highest BCUT2D eigenvalue weighted by molar-refractivity contribution is 7.91. The quantitative estimate of drug-likeness (QED) is 0.707. The van der Waals surface area contributed by atoms with Crippen molar-refractivity contribution in [1.29, 1.82) is 0 Å². The average Bonchev–Trinajstić information content (AvgIpc) is 3.03.